The van der Waals surface area contributed by atoms with Gasteiger partial charge in [-0.15, -0.1) is 0 Å². The van der Waals surface area contributed by atoms with E-state index in [0.717, 1.165) is 5.70 Å². The van der Waals surface area contributed by atoms with Crippen LogP contribution >= 0.6 is 0 Å². The fourth-order valence-electron chi connectivity index (χ4n) is 2.48. The minimum Gasteiger partial charge on any atom is -0.486 e. The van der Waals surface area contributed by atoms with Gasteiger partial charge < -0.3 is 25.2 Å². The number of hydrogen-bond acceptors (Lipinski definition) is 5. The Morgan fingerprint density at radius 2 is 2.26 bits per heavy atom. The average molecular weight is 320 g/mol. The van der Waals surface area contributed by atoms with Crippen LogP contribution in [-0.2, 0) is 14.3 Å². The summed E-state index contributed by atoms with van der Waals surface area (Å²) in [7, 11) is 0. The van der Waals surface area contributed by atoms with Gasteiger partial charge in [0.1, 0.15) is 18.2 Å². The van der Waals surface area contributed by atoms with E-state index in [4.69, 9.17) is 14.6 Å². The van der Waals surface area contributed by atoms with Gasteiger partial charge in [-0.05, 0) is 18.2 Å². The highest BCUT2D eigenvalue weighted by Crippen LogP contribution is 2.36. The molecule has 0 saturated heterocycles. The number of allylic oxidation sites excluding steroid dienone is 1. The molecule has 1 aromatic rings. The number of carbonyl (C=O) groups is 1. The fourth-order valence-corrected chi connectivity index (χ4v) is 2.48. The first-order valence-electron chi connectivity index (χ1n) is 7.30. The molecule has 0 spiro atoms. The molecule has 0 unspecified atom stereocenters. The van der Waals surface area contributed by atoms with Crippen molar-refractivity contribution in [3.63, 3.8) is 0 Å². The largest absolute Gasteiger partial charge is 0.486 e. The molecule has 122 valence electrons. The van der Waals surface area contributed by atoms with Gasteiger partial charge in [-0.3, -0.25) is 4.79 Å². The maximum Gasteiger partial charge on any atom is 0.260 e. The summed E-state index contributed by atoms with van der Waals surface area (Å²) in [6.45, 7) is 1.68. The molecule has 1 aromatic carbocycles. The molecule has 0 saturated carbocycles. The molecule has 23 heavy (non-hydrogen) atoms. The lowest BCUT2D eigenvalue weighted by atomic mass is 10.1. The summed E-state index contributed by atoms with van der Waals surface area (Å²) in [5, 5.41) is 14.4. The number of benzene rings is 1. The number of ether oxygens (including phenoxy) is 2. The van der Waals surface area contributed by atoms with E-state index in [-0.39, 0.29) is 12.5 Å². The average Bonchev–Trinajstić information content (AvgIpc) is 3.10. The van der Waals surface area contributed by atoms with Crippen LogP contribution in [0.3, 0.4) is 0 Å². The Labute approximate surface area is 132 Å². The zero-order chi connectivity index (χ0) is 16.2. The lowest BCUT2D eigenvalue weighted by Gasteiger charge is -2.05. The molecule has 2 aliphatic heterocycles. The van der Waals surface area contributed by atoms with Crippen molar-refractivity contribution in [2.45, 2.75) is 0 Å². The van der Waals surface area contributed by atoms with Crippen LogP contribution in [0.15, 0.2) is 35.7 Å². The molecule has 2 aliphatic rings. The van der Waals surface area contributed by atoms with Crippen LogP contribution in [0.1, 0.15) is 5.56 Å². The number of nitrogens with one attached hydrogen (secondary N) is 2. The molecule has 6 nitrogen and oxygen atoms in total. The Hall–Kier alpha value is -2.38. The first kappa shape index (κ1) is 15.5. The fraction of sp³-hybridized carbons (Fsp3) is 0.312. The Kier molecular flexibility index (Phi) is 4.59. The minimum absolute atomic E-state index is 0.00281. The molecule has 0 radical (unpaired) electrons. The van der Waals surface area contributed by atoms with Crippen LogP contribution in [0.5, 0.6) is 0 Å². The van der Waals surface area contributed by atoms with Crippen LogP contribution < -0.4 is 10.6 Å². The van der Waals surface area contributed by atoms with E-state index in [9.17, 15) is 9.18 Å². The lowest BCUT2D eigenvalue weighted by molar-refractivity contribution is -0.110. The highest BCUT2D eigenvalue weighted by Gasteiger charge is 2.30. The second-order valence-corrected chi connectivity index (χ2v) is 5.10. The van der Waals surface area contributed by atoms with Gasteiger partial charge in [-0.2, -0.15) is 0 Å². The van der Waals surface area contributed by atoms with E-state index < -0.39 is 5.82 Å². The van der Waals surface area contributed by atoms with Gasteiger partial charge in [0.05, 0.1) is 36.8 Å². The summed E-state index contributed by atoms with van der Waals surface area (Å²) in [6, 6.07) is 4.17. The third kappa shape index (κ3) is 3.35. The molecular formula is C16H17FN2O4. The van der Waals surface area contributed by atoms with Crippen molar-refractivity contribution in [2.75, 3.05) is 38.3 Å². The van der Waals surface area contributed by atoms with Gasteiger partial charge in [0.2, 0.25) is 0 Å². The molecule has 3 N–H and O–H groups in total. The van der Waals surface area contributed by atoms with Crippen LogP contribution in [0.2, 0.25) is 0 Å². The molecular weight excluding hydrogens is 303 g/mol. The van der Waals surface area contributed by atoms with E-state index in [0.29, 0.717) is 48.9 Å². The predicted molar refractivity (Wildman–Crippen MR) is 81.9 cm³/mol. The van der Waals surface area contributed by atoms with Crippen LogP contribution in [0.4, 0.5) is 10.1 Å². The monoisotopic (exact) mass is 320 g/mol. The summed E-state index contributed by atoms with van der Waals surface area (Å²) in [6.07, 6.45) is 1.76. The SMILES string of the molecule is O=C1Nc2cc(F)ccc2/C1=C1\C=C(NCCOCCO)CO1. The number of anilines is 1. The van der Waals surface area contributed by atoms with Crippen molar-refractivity contribution in [1.29, 1.82) is 0 Å². The van der Waals surface area contributed by atoms with Gasteiger partial charge in [0.15, 0.2) is 0 Å². The molecule has 0 aromatic heterocycles. The second-order valence-electron chi connectivity index (χ2n) is 5.10. The molecule has 7 heteroatoms. The zero-order valence-corrected chi connectivity index (χ0v) is 12.4. The van der Waals surface area contributed by atoms with Crippen LogP contribution in [0.25, 0.3) is 5.57 Å². The molecule has 3 rings (SSSR count). The summed E-state index contributed by atoms with van der Waals surface area (Å²) >= 11 is 0. The second kappa shape index (κ2) is 6.80. The zero-order valence-electron chi connectivity index (χ0n) is 12.4. The number of amides is 1. The van der Waals surface area contributed by atoms with Crippen molar-refractivity contribution >= 4 is 17.2 Å². The molecule has 0 aliphatic carbocycles. The normalized spacial score (nSPS) is 19.2. The van der Waals surface area contributed by atoms with Crippen molar-refractivity contribution < 1.29 is 23.8 Å². The maximum atomic E-state index is 13.2. The maximum absolute atomic E-state index is 13.2. The van der Waals surface area contributed by atoms with Gasteiger partial charge in [0, 0.05) is 18.2 Å². The van der Waals surface area contributed by atoms with Gasteiger partial charge in [0.25, 0.3) is 5.91 Å². The van der Waals surface area contributed by atoms with Crippen molar-refractivity contribution in [2.24, 2.45) is 0 Å². The number of rotatable bonds is 6. The summed E-state index contributed by atoms with van der Waals surface area (Å²) in [5.74, 6) is -0.237. The number of carbonyl (C=O) groups excluding carboxylic acids is 1. The first-order chi connectivity index (χ1) is 11.2. The first-order valence-corrected chi connectivity index (χ1v) is 7.30. The van der Waals surface area contributed by atoms with Gasteiger partial charge in [-0.1, -0.05) is 0 Å². The highest BCUT2D eigenvalue weighted by molar-refractivity contribution is 6.32. The standard InChI is InChI=1S/C16H17FN2O4/c17-10-1-2-12-13(7-10)19-16(21)15(12)14-8-11(9-23-14)18-3-5-22-6-4-20/h1-2,7-8,18,20H,3-6,9H2,(H,19,21)/b15-14-. The summed E-state index contributed by atoms with van der Waals surface area (Å²) < 4.78 is 24.0. The van der Waals surface area contributed by atoms with E-state index in [2.05, 4.69) is 10.6 Å². The molecule has 0 fully saturated rings. The van der Waals surface area contributed by atoms with Crippen molar-refractivity contribution in [3.05, 3.63) is 47.1 Å². The van der Waals surface area contributed by atoms with E-state index in [1.165, 1.54) is 12.1 Å². The van der Waals surface area contributed by atoms with Crippen molar-refractivity contribution in [3.8, 4) is 0 Å². The number of hydrogen-bond donors (Lipinski definition) is 3. The third-order valence-corrected chi connectivity index (χ3v) is 3.50. The Morgan fingerprint density at radius 1 is 1.39 bits per heavy atom. The lowest BCUT2D eigenvalue weighted by Crippen LogP contribution is -2.20. The van der Waals surface area contributed by atoms with E-state index in [1.807, 2.05) is 0 Å². The van der Waals surface area contributed by atoms with E-state index >= 15 is 0 Å². The number of fused-ring (bicyclic) bond motifs is 1. The number of halogens is 1. The molecule has 0 atom stereocenters. The summed E-state index contributed by atoms with van der Waals surface area (Å²) in [5.41, 5.74) is 2.33. The topological polar surface area (TPSA) is 79.8 Å². The minimum atomic E-state index is -0.400. The summed E-state index contributed by atoms with van der Waals surface area (Å²) in [4.78, 5) is 12.1. The quantitative estimate of drug-likeness (QED) is 0.538. The van der Waals surface area contributed by atoms with Crippen LogP contribution in [0, 0.1) is 5.82 Å². The van der Waals surface area contributed by atoms with Gasteiger partial charge in [-0.25, -0.2) is 4.39 Å². The predicted octanol–water partition coefficient (Wildman–Crippen LogP) is 1.00. The third-order valence-electron chi connectivity index (χ3n) is 3.50. The van der Waals surface area contributed by atoms with Gasteiger partial charge >= 0.3 is 0 Å². The smallest absolute Gasteiger partial charge is 0.260 e. The molecule has 1 amide bonds. The Morgan fingerprint density at radius 3 is 3.09 bits per heavy atom. The Bertz CT molecular complexity index is 685. The van der Waals surface area contributed by atoms with Crippen LogP contribution in [-0.4, -0.2) is 44.0 Å². The van der Waals surface area contributed by atoms with Crippen molar-refractivity contribution in [1.82, 2.24) is 5.32 Å². The van der Waals surface area contributed by atoms with E-state index in [1.54, 1.807) is 12.1 Å². The Balaban J connectivity index is 1.72. The molecule has 2 heterocycles. The highest BCUT2D eigenvalue weighted by atomic mass is 19.1. The number of aliphatic hydroxyl groups excluding tert-OH is 1. The molecule has 0 bridgehead atoms. The number of aliphatic hydroxyl groups is 1.